The van der Waals surface area contributed by atoms with E-state index in [0.29, 0.717) is 10.8 Å². The van der Waals surface area contributed by atoms with Crippen molar-refractivity contribution in [3.63, 3.8) is 0 Å². The first-order chi connectivity index (χ1) is 12.0. The van der Waals surface area contributed by atoms with Gasteiger partial charge < -0.3 is 11.1 Å². The minimum Gasteiger partial charge on any atom is -0.389 e. The van der Waals surface area contributed by atoms with Gasteiger partial charge in [0, 0.05) is 11.3 Å². The summed E-state index contributed by atoms with van der Waals surface area (Å²) in [6.07, 6.45) is 0. The van der Waals surface area contributed by atoms with Crippen LogP contribution in [0, 0.1) is 13.8 Å². The fraction of sp³-hybridized carbons (Fsp3) is 0.158. The van der Waals surface area contributed by atoms with Crippen LogP contribution < -0.4 is 11.1 Å². The third-order valence-corrected chi connectivity index (χ3v) is 5.83. The lowest BCUT2D eigenvalue weighted by molar-refractivity contribution is -0.113. The molecule has 2 aromatic carbocycles. The average Bonchev–Trinajstić information content (AvgIpc) is 2.98. The van der Waals surface area contributed by atoms with E-state index >= 15 is 0 Å². The van der Waals surface area contributed by atoms with E-state index in [1.54, 1.807) is 0 Å². The van der Waals surface area contributed by atoms with Gasteiger partial charge in [-0.1, -0.05) is 59.5 Å². The molecular formula is C19H19N3OS2. The minimum absolute atomic E-state index is 0.0525. The van der Waals surface area contributed by atoms with Crippen LogP contribution in [-0.4, -0.2) is 16.6 Å². The van der Waals surface area contributed by atoms with Crippen LogP contribution in [0.3, 0.4) is 0 Å². The minimum atomic E-state index is -0.0525. The Morgan fingerprint density at radius 2 is 1.92 bits per heavy atom. The Morgan fingerprint density at radius 3 is 2.64 bits per heavy atom. The summed E-state index contributed by atoms with van der Waals surface area (Å²) in [6, 6.07) is 15.7. The number of carbonyl (C=O) groups excluding carboxylic acids is 1. The topological polar surface area (TPSA) is 68.0 Å². The van der Waals surface area contributed by atoms with Gasteiger partial charge in [0.1, 0.15) is 10.7 Å². The van der Waals surface area contributed by atoms with Crippen LogP contribution >= 0.6 is 23.1 Å². The zero-order chi connectivity index (χ0) is 17.8. The second-order valence-electron chi connectivity index (χ2n) is 5.69. The molecule has 0 aliphatic heterocycles. The molecule has 128 valence electrons. The van der Waals surface area contributed by atoms with Crippen LogP contribution in [0.1, 0.15) is 11.1 Å². The molecule has 0 saturated heterocycles. The van der Waals surface area contributed by atoms with E-state index < -0.39 is 0 Å². The van der Waals surface area contributed by atoms with E-state index in [1.807, 2.05) is 62.4 Å². The highest BCUT2D eigenvalue weighted by Crippen LogP contribution is 2.35. The number of carbonyl (C=O) groups is 1. The summed E-state index contributed by atoms with van der Waals surface area (Å²) in [6.45, 7) is 4.08. The molecule has 0 unspecified atom stereocenters. The fourth-order valence-corrected chi connectivity index (χ4v) is 4.07. The highest BCUT2D eigenvalue weighted by Gasteiger charge is 2.12. The third kappa shape index (κ3) is 4.41. The lowest BCUT2D eigenvalue weighted by atomic mass is 10.1. The zero-order valence-corrected chi connectivity index (χ0v) is 15.7. The summed E-state index contributed by atoms with van der Waals surface area (Å²) >= 11 is 2.81. The molecule has 3 N–H and O–H groups in total. The van der Waals surface area contributed by atoms with Gasteiger partial charge >= 0.3 is 0 Å². The number of hydrogen-bond donors (Lipinski definition) is 2. The lowest BCUT2D eigenvalue weighted by Gasteiger charge is -2.07. The molecule has 4 nitrogen and oxygen atoms in total. The molecule has 3 aromatic rings. The predicted molar refractivity (Wildman–Crippen MR) is 107 cm³/mol. The van der Waals surface area contributed by atoms with E-state index in [1.165, 1.54) is 28.7 Å². The van der Waals surface area contributed by atoms with Crippen LogP contribution in [0.2, 0.25) is 0 Å². The number of nitrogen functional groups attached to an aromatic ring is 1. The van der Waals surface area contributed by atoms with Crippen LogP contribution in [0.5, 0.6) is 0 Å². The van der Waals surface area contributed by atoms with E-state index in [0.717, 1.165) is 26.8 Å². The Labute approximate surface area is 155 Å². The highest BCUT2D eigenvalue weighted by atomic mass is 32.2. The molecule has 0 atom stereocenters. The number of hydrogen-bond acceptors (Lipinski definition) is 5. The van der Waals surface area contributed by atoms with Gasteiger partial charge in [-0.15, -0.1) is 0 Å². The van der Waals surface area contributed by atoms with Crippen molar-refractivity contribution in [1.29, 1.82) is 0 Å². The van der Waals surface area contributed by atoms with Gasteiger partial charge in [0.15, 0.2) is 4.34 Å². The second kappa shape index (κ2) is 7.72. The Hall–Kier alpha value is -2.31. The van der Waals surface area contributed by atoms with Crippen molar-refractivity contribution in [3.8, 4) is 11.3 Å². The second-order valence-corrected chi connectivity index (χ2v) is 7.95. The molecule has 1 heterocycles. The summed E-state index contributed by atoms with van der Waals surface area (Å²) < 4.78 is 0.798. The summed E-state index contributed by atoms with van der Waals surface area (Å²) in [5, 5.41) is 3.59. The molecule has 1 aromatic heterocycles. The van der Waals surface area contributed by atoms with Gasteiger partial charge in [-0.2, -0.15) is 0 Å². The van der Waals surface area contributed by atoms with Crippen molar-refractivity contribution < 1.29 is 4.79 Å². The normalized spacial score (nSPS) is 10.6. The molecule has 0 spiro atoms. The number of nitrogens with zero attached hydrogens (tertiary/aromatic N) is 1. The fourth-order valence-electron chi connectivity index (χ4n) is 2.32. The molecule has 0 fully saturated rings. The number of nitrogens with two attached hydrogens (primary N) is 1. The van der Waals surface area contributed by atoms with Crippen molar-refractivity contribution in [3.05, 3.63) is 59.7 Å². The van der Waals surface area contributed by atoms with E-state index in [4.69, 9.17) is 5.73 Å². The number of nitrogens with one attached hydrogen (secondary N) is 1. The molecule has 25 heavy (non-hydrogen) atoms. The number of rotatable bonds is 5. The first-order valence-corrected chi connectivity index (χ1v) is 9.65. The van der Waals surface area contributed by atoms with Crippen molar-refractivity contribution in [1.82, 2.24) is 4.98 Å². The summed E-state index contributed by atoms with van der Waals surface area (Å²) in [4.78, 5) is 16.7. The van der Waals surface area contributed by atoms with Crippen LogP contribution in [-0.2, 0) is 4.79 Å². The van der Waals surface area contributed by atoms with E-state index in [9.17, 15) is 4.79 Å². The van der Waals surface area contributed by atoms with Crippen molar-refractivity contribution in [2.75, 3.05) is 16.8 Å². The standard InChI is InChI=1S/C19H19N3OS2/c1-12-8-9-15(10-13(12)2)21-16(23)11-24-19-22-17(18(20)25-19)14-6-4-3-5-7-14/h3-10H,11,20H2,1-2H3,(H,21,23). The Kier molecular flexibility index (Phi) is 5.40. The van der Waals surface area contributed by atoms with Crippen LogP contribution in [0.25, 0.3) is 11.3 Å². The van der Waals surface area contributed by atoms with Gasteiger partial charge in [0.05, 0.1) is 5.75 Å². The Bertz CT molecular complexity index is 891. The van der Waals surface area contributed by atoms with Gasteiger partial charge in [-0.3, -0.25) is 4.79 Å². The summed E-state index contributed by atoms with van der Waals surface area (Å²) in [5.74, 6) is 0.247. The maximum Gasteiger partial charge on any atom is 0.234 e. The first kappa shape index (κ1) is 17.5. The Morgan fingerprint density at radius 1 is 1.16 bits per heavy atom. The molecule has 1 amide bonds. The number of aromatic nitrogens is 1. The van der Waals surface area contributed by atoms with Gasteiger partial charge in [0.25, 0.3) is 0 Å². The molecule has 0 radical (unpaired) electrons. The van der Waals surface area contributed by atoms with E-state index in [2.05, 4.69) is 10.3 Å². The molecule has 3 rings (SSSR count). The smallest absolute Gasteiger partial charge is 0.234 e. The van der Waals surface area contributed by atoms with Crippen molar-refractivity contribution in [2.24, 2.45) is 0 Å². The third-order valence-electron chi connectivity index (χ3n) is 3.80. The van der Waals surface area contributed by atoms with Gasteiger partial charge in [0.2, 0.25) is 5.91 Å². The average molecular weight is 370 g/mol. The quantitative estimate of drug-likeness (QED) is 0.638. The summed E-state index contributed by atoms with van der Waals surface area (Å²) in [7, 11) is 0. The largest absolute Gasteiger partial charge is 0.389 e. The van der Waals surface area contributed by atoms with Gasteiger partial charge in [-0.05, 0) is 37.1 Å². The number of benzene rings is 2. The van der Waals surface area contributed by atoms with Crippen molar-refractivity contribution >= 4 is 39.7 Å². The molecule has 0 saturated carbocycles. The van der Waals surface area contributed by atoms with E-state index in [-0.39, 0.29) is 5.91 Å². The molecule has 0 bridgehead atoms. The maximum atomic E-state index is 12.2. The monoisotopic (exact) mass is 369 g/mol. The molecule has 0 aliphatic carbocycles. The number of anilines is 2. The number of amides is 1. The van der Waals surface area contributed by atoms with Gasteiger partial charge in [-0.25, -0.2) is 4.98 Å². The lowest BCUT2D eigenvalue weighted by Crippen LogP contribution is -2.14. The number of aryl methyl sites for hydroxylation is 2. The maximum absolute atomic E-state index is 12.2. The predicted octanol–water partition coefficient (Wildman–Crippen LogP) is 4.74. The Balaban J connectivity index is 1.62. The summed E-state index contributed by atoms with van der Waals surface area (Å²) in [5.41, 5.74) is 11.0. The molecular weight excluding hydrogens is 350 g/mol. The van der Waals surface area contributed by atoms with Crippen molar-refractivity contribution in [2.45, 2.75) is 18.2 Å². The first-order valence-electron chi connectivity index (χ1n) is 7.84. The zero-order valence-electron chi connectivity index (χ0n) is 14.1. The molecule has 0 aliphatic rings. The SMILES string of the molecule is Cc1ccc(NC(=O)CSc2nc(-c3ccccc3)c(N)s2)cc1C. The number of thioether (sulfide) groups is 1. The van der Waals surface area contributed by atoms with Crippen LogP contribution in [0.15, 0.2) is 52.9 Å². The highest BCUT2D eigenvalue weighted by molar-refractivity contribution is 8.01. The number of thiazole rings is 1. The van der Waals surface area contributed by atoms with Crippen LogP contribution in [0.4, 0.5) is 10.7 Å². The molecule has 6 heteroatoms.